The monoisotopic (exact) mass is 389 g/mol. The van der Waals surface area contributed by atoms with Crippen molar-refractivity contribution in [2.24, 2.45) is 0 Å². The molecule has 0 radical (unpaired) electrons. The van der Waals surface area contributed by atoms with Crippen molar-refractivity contribution >= 4 is 22.7 Å². The van der Waals surface area contributed by atoms with E-state index in [1.165, 1.54) is 0 Å². The average Bonchev–Trinajstić information content (AvgIpc) is 3.47. The summed E-state index contributed by atoms with van der Waals surface area (Å²) in [6.07, 6.45) is 8.05. The van der Waals surface area contributed by atoms with E-state index < -0.39 is 0 Å². The van der Waals surface area contributed by atoms with E-state index in [0.29, 0.717) is 38.2 Å². The van der Waals surface area contributed by atoms with Crippen molar-refractivity contribution < 1.29 is 9.59 Å². The molecule has 2 aliphatic rings. The fourth-order valence-corrected chi connectivity index (χ4v) is 4.26. The molecule has 29 heavy (non-hydrogen) atoms. The quantitative estimate of drug-likeness (QED) is 0.700. The SMILES string of the molecule is C[C@@H]1c2nc(CC(=O)N3CC=CC3)cn2CCN1C(=O)c1c[nH]c2ccccc12. The standard InChI is InChI=1S/C22H23N5O2/c1-15-21-24-16(12-20(28)25-8-4-5-9-25)14-26(21)10-11-27(15)22(29)18-13-23-19-7-3-2-6-17(18)19/h2-7,13-15,23H,8-12H2,1H3/t15-/m1/s1. The minimum absolute atomic E-state index is 0.00460. The predicted octanol–water partition coefficient (Wildman–Crippen LogP) is 2.52. The molecule has 0 fully saturated rings. The molecular weight excluding hydrogens is 366 g/mol. The smallest absolute Gasteiger partial charge is 0.256 e. The summed E-state index contributed by atoms with van der Waals surface area (Å²) in [5, 5.41) is 0.934. The predicted molar refractivity (Wildman–Crippen MR) is 109 cm³/mol. The summed E-state index contributed by atoms with van der Waals surface area (Å²) in [7, 11) is 0. The number of benzene rings is 1. The van der Waals surface area contributed by atoms with E-state index in [-0.39, 0.29) is 17.9 Å². The second-order valence-electron chi connectivity index (χ2n) is 7.65. The number of amides is 2. The summed E-state index contributed by atoms with van der Waals surface area (Å²) in [5.74, 6) is 0.932. The van der Waals surface area contributed by atoms with Crippen LogP contribution in [0.25, 0.3) is 10.9 Å². The van der Waals surface area contributed by atoms with Gasteiger partial charge in [0.05, 0.1) is 23.7 Å². The van der Waals surface area contributed by atoms with E-state index in [2.05, 4.69) is 9.55 Å². The molecule has 5 rings (SSSR count). The number of para-hydroxylation sites is 1. The highest BCUT2D eigenvalue weighted by molar-refractivity contribution is 6.06. The van der Waals surface area contributed by atoms with Gasteiger partial charge < -0.3 is 19.4 Å². The molecule has 2 aliphatic heterocycles. The van der Waals surface area contributed by atoms with Crippen molar-refractivity contribution in [2.45, 2.75) is 25.9 Å². The molecule has 4 heterocycles. The Morgan fingerprint density at radius 1 is 1.17 bits per heavy atom. The number of aromatic nitrogens is 3. The Hall–Kier alpha value is -3.35. The van der Waals surface area contributed by atoms with Gasteiger partial charge in [0.25, 0.3) is 5.91 Å². The van der Waals surface area contributed by atoms with E-state index in [1.54, 1.807) is 6.20 Å². The zero-order valence-electron chi connectivity index (χ0n) is 16.3. The highest BCUT2D eigenvalue weighted by atomic mass is 16.2. The Kier molecular flexibility index (Phi) is 4.23. The third-order valence-corrected chi connectivity index (χ3v) is 5.86. The highest BCUT2D eigenvalue weighted by Gasteiger charge is 2.31. The molecule has 0 saturated carbocycles. The zero-order valence-corrected chi connectivity index (χ0v) is 16.3. The van der Waals surface area contributed by atoms with Crippen molar-refractivity contribution in [3.05, 3.63) is 65.9 Å². The van der Waals surface area contributed by atoms with E-state index in [9.17, 15) is 9.59 Å². The Bertz CT molecular complexity index is 1120. The van der Waals surface area contributed by atoms with Crippen molar-refractivity contribution in [1.29, 1.82) is 0 Å². The number of aromatic amines is 1. The first-order chi connectivity index (χ1) is 14.1. The van der Waals surface area contributed by atoms with Crippen LogP contribution in [0.5, 0.6) is 0 Å². The van der Waals surface area contributed by atoms with Crippen LogP contribution >= 0.6 is 0 Å². The Morgan fingerprint density at radius 3 is 2.79 bits per heavy atom. The minimum Gasteiger partial charge on any atom is -0.360 e. The summed E-state index contributed by atoms with van der Waals surface area (Å²) in [4.78, 5) is 37.3. The maximum absolute atomic E-state index is 13.3. The van der Waals surface area contributed by atoms with Crippen molar-refractivity contribution in [1.82, 2.24) is 24.3 Å². The van der Waals surface area contributed by atoms with Crippen LogP contribution in [-0.4, -0.2) is 55.8 Å². The molecule has 0 saturated heterocycles. The number of nitrogens with one attached hydrogen (secondary N) is 1. The number of nitrogens with zero attached hydrogens (tertiary/aromatic N) is 4. The van der Waals surface area contributed by atoms with Crippen molar-refractivity contribution in [3.8, 4) is 0 Å². The highest BCUT2D eigenvalue weighted by Crippen LogP contribution is 2.28. The lowest BCUT2D eigenvalue weighted by atomic mass is 10.1. The van der Waals surface area contributed by atoms with Gasteiger partial charge in [-0.1, -0.05) is 30.4 Å². The molecule has 1 atom stereocenters. The molecule has 2 aromatic heterocycles. The van der Waals surface area contributed by atoms with Crippen LogP contribution in [0.4, 0.5) is 0 Å². The van der Waals surface area contributed by atoms with E-state index in [4.69, 9.17) is 4.98 Å². The average molecular weight is 389 g/mol. The molecule has 3 aromatic rings. The minimum atomic E-state index is -0.151. The number of H-pyrrole nitrogens is 1. The maximum atomic E-state index is 13.3. The lowest BCUT2D eigenvalue weighted by Crippen LogP contribution is -2.41. The molecule has 1 N–H and O–H groups in total. The number of rotatable bonds is 3. The van der Waals surface area contributed by atoms with E-state index in [0.717, 1.165) is 22.4 Å². The molecule has 0 bridgehead atoms. The molecule has 0 unspecified atom stereocenters. The van der Waals surface area contributed by atoms with Gasteiger partial charge in [0.15, 0.2) is 0 Å². The number of carbonyl (C=O) groups excluding carboxylic acids is 2. The van der Waals surface area contributed by atoms with Crippen LogP contribution < -0.4 is 0 Å². The lowest BCUT2D eigenvalue weighted by molar-refractivity contribution is -0.129. The summed E-state index contributed by atoms with van der Waals surface area (Å²) in [5.41, 5.74) is 2.41. The summed E-state index contributed by atoms with van der Waals surface area (Å²) in [6.45, 7) is 4.65. The van der Waals surface area contributed by atoms with Crippen LogP contribution in [0.2, 0.25) is 0 Å². The fourth-order valence-electron chi connectivity index (χ4n) is 4.26. The second-order valence-corrected chi connectivity index (χ2v) is 7.65. The zero-order chi connectivity index (χ0) is 20.0. The van der Waals surface area contributed by atoms with Gasteiger partial charge in [0, 0.05) is 49.5 Å². The van der Waals surface area contributed by atoms with Gasteiger partial charge in [-0.3, -0.25) is 9.59 Å². The van der Waals surface area contributed by atoms with Crippen molar-refractivity contribution in [2.75, 3.05) is 19.6 Å². The molecule has 1 aromatic carbocycles. The number of carbonyl (C=O) groups is 2. The maximum Gasteiger partial charge on any atom is 0.256 e. The largest absolute Gasteiger partial charge is 0.360 e. The summed E-state index contributed by atoms with van der Waals surface area (Å²) >= 11 is 0. The first-order valence-corrected chi connectivity index (χ1v) is 9.97. The molecular formula is C22H23N5O2. The van der Waals surface area contributed by atoms with Crippen LogP contribution in [0, 0.1) is 0 Å². The third-order valence-electron chi connectivity index (χ3n) is 5.86. The number of imidazole rings is 1. The normalized spacial score (nSPS) is 18.4. The van der Waals surface area contributed by atoms with Crippen molar-refractivity contribution in [3.63, 3.8) is 0 Å². The first kappa shape index (κ1) is 17.7. The van der Waals surface area contributed by atoms with Gasteiger partial charge in [-0.25, -0.2) is 4.98 Å². The lowest BCUT2D eigenvalue weighted by Gasteiger charge is -2.33. The molecule has 148 valence electrons. The van der Waals surface area contributed by atoms with Gasteiger partial charge >= 0.3 is 0 Å². The Labute approximate surface area is 168 Å². The third kappa shape index (κ3) is 3.03. The van der Waals surface area contributed by atoms with Gasteiger partial charge in [0.2, 0.25) is 5.91 Å². The van der Waals surface area contributed by atoms with Crippen LogP contribution in [0.1, 0.15) is 34.8 Å². The van der Waals surface area contributed by atoms with Crippen LogP contribution in [0.15, 0.2) is 48.8 Å². The molecule has 2 amide bonds. The second kappa shape index (κ2) is 6.92. The van der Waals surface area contributed by atoms with Crippen LogP contribution in [-0.2, 0) is 17.8 Å². The van der Waals surface area contributed by atoms with Gasteiger partial charge in [-0.15, -0.1) is 0 Å². The van der Waals surface area contributed by atoms with Crippen LogP contribution in [0.3, 0.4) is 0 Å². The van der Waals surface area contributed by atoms with Gasteiger partial charge in [0.1, 0.15) is 5.82 Å². The molecule has 7 nitrogen and oxygen atoms in total. The molecule has 0 spiro atoms. The number of hydrogen-bond donors (Lipinski definition) is 1. The fraction of sp³-hybridized carbons (Fsp3) is 0.318. The Balaban J connectivity index is 1.36. The number of fused-ring (bicyclic) bond motifs is 2. The number of hydrogen-bond acceptors (Lipinski definition) is 3. The van der Waals surface area contributed by atoms with E-state index in [1.807, 2.05) is 59.3 Å². The summed E-state index contributed by atoms with van der Waals surface area (Å²) in [6, 6.07) is 7.68. The molecule has 0 aliphatic carbocycles. The van der Waals surface area contributed by atoms with Gasteiger partial charge in [-0.2, -0.15) is 0 Å². The first-order valence-electron chi connectivity index (χ1n) is 9.97. The van der Waals surface area contributed by atoms with Gasteiger partial charge in [-0.05, 0) is 13.0 Å². The molecule has 7 heteroatoms. The Morgan fingerprint density at radius 2 is 1.97 bits per heavy atom. The van der Waals surface area contributed by atoms with E-state index >= 15 is 0 Å². The topological polar surface area (TPSA) is 74.2 Å². The summed E-state index contributed by atoms with van der Waals surface area (Å²) < 4.78 is 2.08.